The highest BCUT2D eigenvalue weighted by Gasteiger charge is 2.35. The highest BCUT2D eigenvalue weighted by atomic mass is 16.5. The molecule has 0 aliphatic carbocycles. The molecule has 0 saturated heterocycles. The molecule has 2 amide bonds. The zero-order valence-corrected chi connectivity index (χ0v) is 21.6. The number of rotatable bonds is 12. The molecule has 0 spiro atoms. The van der Waals surface area contributed by atoms with Crippen molar-refractivity contribution in [1.82, 2.24) is 10.2 Å². The standard InChI is InChI=1S/C27H42N2O4/c1-9-19(4)23(17-20(5)26(32)33-11-3)29(8)24(30)18-28-25(31)22(10-2)27(6,7)21-15-13-12-14-16-21/h12-17,19,22-23H,9-11,18H2,1-8H3,(H,28,31)/b20-17+/t19?,22-,23-/m1/s1. The maximum atomic E-state index is 13.1. The van der Waals surface area contributed by atoms with Crippen LogP contribution in [0.5, 0.6) is 0 Å². The van der Waals surface area contributed by atoms with E-state index in [2.05, 4.69) is 19.2 Å². The number of nitrogens with zero attached hydrogens (tertiary/aromatic N) is 1. The van der Waals surface area contributed by atoms with E-state index >= 15 is 0 Å². The lowest BCUT2D eigenvalue weighted by Crippen LogP contribution is -2.48. The smallest absolute Gasteiger partial charge is 0.333 e. The van der Waals surface area contributed by atoms with Gasteiger partial charge in [-0.1, -0.05) is 77.4 Å². The third-order valence-electron chi connectivity index (χ3n) is 6.61. The van der Waals surface area contributed by atoms with Crippen molar-refractivity contribution in [1.29, 1.82) is 0 Å². The first-order chi connectivity index (χ1) is 15.5. The van der Waals surface area contributed by atoms with E-state index in [0.717, 1.165) is 12.0 Å². The average Bonchev–Trinajstić information content (AvgIpc) is 2.80. The van der Waals surface area contributed by atoms with Gasteiger partial charge in [-0.25, -0.2) is 4.79 Å². The third-order valence-corrected chi connectivity index (χ3v) is 6.61. The Kier molecular flexibility index (Phi) is 11.3. The van der Waals surface area contributed by atoms with Gasteiger partial charge in [0.1, 0.15) is 0 Å². The van der Waals surface area contributed by atoms with Crippen LogP contribution in [0, 0.1) is 11.8 Å². The first-order valence-electron chi connectivity index (χ1n) is 11.9. The molecule has 0 aliphatic rings. The number of hydrogen-bond donors (Lipinski definition) is 1. The molecule has 1 N–H and O–H groups in total. The number of ether oxygens (including phenoxy) is 1. The summed E-state index contributed by atoms with van der Waals surface area (Å²) in [6, 6.07) is 9.70. The van der Waals surface area contributed by atoms with E-state index < -0.39 is 0 Å². The van der Waals surface area contributed by atoms with Crippen molar-refractivity contribution in [2.45, 2.75) is 72.8 Å². The molecule has 3 atom stereocenters. The summed E-state index contributed by atoms with van der Waals surface area (Å²) in [4.78, 5) is 39.7. The van der Waals surface area contributed by atoms with Crippen LogP contribution in [0.1, 0.15) is 66.9 Å². The molecule has 0 radical (unpaired) electrons. The third kappa shape index (κ3) is 7.72. The van der Waals surface area contributed by atoms with Gasteiger partial charge < -0.3 is 15.0 Å². The molecule has 0 fully saturated rings. The Labute approximate surface area is 199 Å². The highest BCUT2D eigenvalue weighted by molar-refractivity contribution is 5.89. The van der Waals surface area contributed by atoms with Crippen molar-refractivity contribution < 1.29 is 19.1 Å². The van der Waals surface area contributed by atoms with Crippen LogP contribution in [-0.2, 0) is 24.5 Å². The van der Waals surface area contributed by atoms with Crippen LogP contribution < -0.4 is 5.32 Å². The lowest BCUT2D eigenvalue weighted by Gasteiger charge is -2.34. The predicted octanol–water partition coefficient (Wildman–Crippen LogP) is 4.49. The summed E-state index contributed by atoms with van der Waals surface area (Å²) in [6.45, 7) is 13.9. The number of nitrogens with one attached hydrogen (secondary N) is 1. The minimum atomic E-state index is -0.381. The van der Waals surface area contributed by atoms with E-state index in [4.69, 9.17) is 4.74 Å². The number of likely N-dealkylation sites (N-methyl/N-ethyl adjacent to an activating group) is 1. The van der Waals surface area contributed by atoms with Crippen molar-refractivity contribution in [2.24, 2.45) is 11.8 Å². The molecule has 6 heteroatoms. The van der Waals surface area contributed by atoms with E-state index in [0.29, 0.717) is 18.6 Å². The summed E-state index contributed by atoms with van der Waals surface area (Å²) in [7, 11) is 1.71. The minimum absolute atomic E-state index is 0.0874. The number of benzene rings is 1. The Bertz CT molecular complexity index is 817. The lowest BCUT2D eigenvalue weighted by molar-refractivity contribution is -0.138. The van der Waals surface area contributed by atoms with Crippen LogP contribution in [0.25, 0.3) is 0 Å². The summed E-state index contributed by atoms with van der Waals surface area (Å²) >= 11 is 0. The van der Waals surface area contributed by atoms with Gasteiger partial charge in [0.2, 0.25) is 11.8 Å². The fourth-order valence-electron chi connectivity index (χ4n) is 4.14. The van der Waals surface area contributed by atoms with Gasteiger partial charge in [-0.2, -0.15) is 0 Å². The Morgan fingerprint density at radius 2 is 1.70 bits per heavy atom. The van der Waals surface area contributed by atoms with E-state index in [1.54, 1.807) is 31.9 Å². The maximum Gasteiger partial charge on any atom is 0.333 e. The molecular formula is C27H42N2O4. The molecule has 0 aliphatic heterocycles. The van der Waals surface area contributed by atoms with Gasteiger partial charge in [-0.15, -0.1) is 0 Å². The minimum Gasteiger partial charge on any atom is -0.463 e. The molecule has 0 bridgehead atoms. The molecule has 1 unspecified atom stereocenters. The zero-order valence-electron chi connectivity index (χ0n) is 21.6. The molecule has 0 aromatic heterocycles. The van der Waals surface area contributed by atoms with Crippen molar-refractivity contribution in [2.75, 3.05) is 20.2 Å². The Morgan fingerprint density at radius 3 is 2.21 bits per heavy atom. The first-order valence-corrected chi connectivity index (χ1v) is 11.9. The summed E-state index contributed by atoms with van der Waals surface area (Å²) in [5.41, 5.74) is 1.20. The summed E-state index contributed by atoms with van der Waals surface area (Å²) < 4.78 is 5.08. The second-order valence-electron chi connectivity index (χ2n) is 9.22. The Hall–Kier alpha value is -2.63. The number of hydrogen-bond acceptors (Lipinski definition) is 4. The van der Waals surface area contributed by atoms with Gasteiger partial charge in [0.05, 0.1) is 19.2 Å². The molecule has 1 rings (SSSR count). The second-order valence-corrected chi connectivity index (χ2v) is 9.22. The molecule has 6 nitrogen and oxygen atoms in total. The summed E-state index contributed by atoms with van der Waals surface area (Å²) in [6.07, 6.45) is 3.29. The van der Waals surface area contributed by atoms with Crippen LogP contribution in [0.4, 0.5) is 0 Å². The van der Waals surface area contributed by atoms with Crippen molar-refractivity contribution >= 4 is 17.8 Å². The molecule has 33 heavy (non-hydrogen) atoms. The van der Waals surface area contributed by atoms with Gasteiger partial charge >= 0.3 is 5.97 Å². The zero-order chi connectivity index (χ0) is 25.2. The molecule has 184 valence electrons. The van der Waals surface area contributed by atoms with Crippen LogP contribution >= 0.6 is 0 Å². The van der Waals surface area contributed by atoms with Gasteiger partial charge in [0.15, 0.2) is 0 Å². The van der Waals surface area contributed by atoms with E-state index in [1.165, 1.54) is 0 Å². The topological polar surface area (TPSA) is 75.7 Å². The SMILES string of the molecule is CCOC(=O)/C(C)=C/[C@H](C(C)CC)N(C)C(=O)CNC(=O)[C@@H](CC)C(C)(C)c1ccccc1. The van der Waals surface area contributed by atoms with Crippen LogP contribution in [0.15, 0.2) is 42.0 Å². The molecule has 0 saturated carbocycles. The number of carbonyl (C=O) groups is 3. The van der Waals surface area contributed by atoms with Gasteiger partial charge in [-0.3, -0.25) is 9.59 Å². The largest absolute Gasteiger partial charge is 0.463 e. The van der Waals surface area contributed by atoms with Crippen molar-refractivity contribution in [3.63, 3.8) is 0 Å². The average molecular weight is 459 g/mol. The fraction of sp³-hybridized carbons (Fsp3) is 0.593. The maximum absolute atomic E-state index is 13.1. The Balaban J connectivity index is 2.93. The first kappa shape index (κ1) is 28.4. The molecule has 1 aromatic rings. The van der Waals surface area contributed by atoms with E-state index in [1.807, 2.05) is 51.1 Å². The monoisotopic (exact) mass is 458 g/mol. The molecular weight excluding hydrogens is 416 g/mol. The van der Waals surface area contributed by atoms with Crippen molar-refractivity contribution in [3.8, 4) is 0 Å². The quantitative estimate of drug-likeness (QED) is 0.370. The number of carbonyl (C=O) groups excluding carboxylic acids is 3. The highest BCUT2D eigenvalue weighted by Crippen LogP contribution is 2.33. The lowest BCUT2D eigenvalue weighted by atomic mass is 9.71. The summed E-state index contributed by atoms with van der Waals surface area (Å²) in [5, 5.41) is 2.86. The number of amides is 2. The van der Waals surface area contributed by atoms with E-state index in [9.17, 15) is 14.4 Å². The predicted molar refractivity (Wildman–Crippen MR) is 133 cm³/mol. The van der Waals surface area contributed by atoms with Gasteiger partial charge in [0.25, 0.3) is 0 Å². The number of esters is 1. The van der Waals surface area contributed by atoms with Crippen LogP contribution in [0.2, 0.25) is 0 Å². The van der Waals surface area contributed by atoms with E-state index in [-0.39, 0.29) is 47.6 Å². The summed E-state index contributed by atoms with van der Waals surface area (Å²) in [5.74, 6) is -0.844. The van der Waals surface area contributed by atoms with Crippen LogP contribution in [-0.4, -0.2) is 48.9 Å². The Morgan fingerprint density at radius 1 is 1.09 bits per heavy atom. The fourth-order valence-corrected chi connectivity index (χ4v) is 4.14. The van der Waals surface area contributed by atoms with Crippen LogP contribution in [0.3, 0.4) is 0 Å². The molecule has 1 aromatic carbocycles. The molecule has 0 heterocycles. The van der Waals surface area contributed by atoms with Gasteiger partial charge in [-0.05, 0) is 31.7 Å². The van der Waals surface area contributed by atoms with Crippen molar-refractivity contribution in [3.05, 3.63) is 47.5 Å². The second kappa shape index (κ2) is 13.2. The normalized spacial score (nSPS) is 14.7. The van der Waals surface area contributed by atoms with Gasteiger partial charge in [0, 0.05) is 24.0 Å².